The fourth-order valence-corrected chi connectivity index (χ4v) is 2.35. The highest BCUT2D eigenvalue weighted by atomic mass is 15.2. The SMILES string of the molecule is CC(C)CC(C)(C)/N=N/C(C)(C)CC(C)C. The molecule has 0 rings (SSSR count). The van der Waals surface area contributed by atoms with Crippen LogP contribution in [0.2, 0.25) is 0 Å². The van der Waals surface area contributed by atoms with Crippen LogP contribution in [0, 0.1) is 11.8 Å². The van der Waals surface area contributed by atoms with Gasteiger partial charge in [-0.05, 0) is 52.4 Å². The Morgan fingerprint density at radius 3 is 1.12 bits per heavy atom. The number of hydrogen-bond donors (Lipinski definition) is 0. The van der Waals surface area contributed by atoms with Gasteiger partial charge in [0.25, 0.3) is 0 Å². The van der Waals surface area contributed by atoms with Crippen LogP contribution in [0.4, 0.5) is 0 Å². The first-order chi connectivity index (χ1) is 7.04. The molecule has 0 spiro atoms. The zero-order valence-corrected chi connectivity index (χ0v) is 12.5. The van der Waals surface area contributed by atoms with Crippen LogP contribution >= 0.6 is 0 Å². The Morgan fingerprint density at radius 2 is 0.938 bits per heavy atom. The number of hydrogen-bond acceptors (Lipinski definition) is 2. The van der Waals surface area contributed by atoms with Crippen LogP contribution in [-0.2, 0) is 0 Å². The van der Waals surface area contributed by atoms with E-state index in [-0.39, 0.29) is 11.1 Å². The minimum atomic E-state index is -0.0254. The van der Waals surface area contributed by atoms with Crippen LogP contribution in [0.1, 0.15) is 68.2 Å². The molecule has 0 aromatic rings. The van der Waals surface area contributed by atoms with Crippen molar-refractivity contribution in [2.75, 3.05) is 0 Å². The maximum atomic E-state index is 4.55. The maximum Gasteiger partial charge on any atom is 0.0762 e. The molecule has 16 heavy (non-hydrogen) atoms. The van der Waals surface area contributed by atoms with E-state index in [0.717, 1.165) is 12.8 Å². The molecule has 0 radical (unpaired) electrons. The summed E-state index contributed by atoms with van der Waals surface area (Å²) in [5.74, 6) is 1.34. The molecular weight excluding hydrogens is 196 g/mol. The van der Waals surface area contributed by atoms with Crippen molar-refractivity contribution in [3.8, 4) is 0 Å². The van der Waals surface area contributed by atoms with Crippen molar-refractivity contribution in [3.63, 3.8) is 0 Å². The zero-order chi connectivity index (χ0) is 13.0. The van der Waals surface area contributed by atoms with Gasteiger partial charge in [0, 0.05) is 0 Å². The van der Waals surface area contributed by atoms with Gasteiger partial charge in [-0.15, -0.1) is 0 Å². The molecule has 0 aromatic carbocycles. The van der Waals surface area contributed by atoms with Crippen molar-refractivity contribution in [2.45, 2.75) is 79.3 Å². The number of rotatable bonds is 6. The summed E-state index contributed by atoms with van der Waals surface area (Å²) in [6, 6.07) is 0. The lowest BCUT2D eigenvalue weighted by atomic mass is 9.93. The van der Waals surface area contributed by atoms with Gasteiger partial charge in [-0.3, -0.25) is 0 Å². The van der Waals surface area contributed by atoms with Gasteiger partial charge in [-0.1, -0.05) is 27.7 Å². The van der Waals surface area contributed by atoms with Gasteiger partial charge in [0.2, 0.25) is 0 Å². The van der Waals surface area contributed by atoms with Crippen LogP contribution in [0.5, 0.6) is 0 Å². The second-order valence-electron chi connectivity index (χ2n) is 7.02. The number of azo groups is 1. The second kappa shape index (κ2) is 5.79. The van der Waals surface area contributed by atoms with Crippen LogP contribution in [0.15, 0.2) is 10.2 Å². The topological polar surface area (TPSA) is 24.7 Å². The smallest absolute Gasteiger partial charge is 0.0762 e. The van der Waals surface area contributed by atoms with Crippen LogP contribution in [0.25, 0.3) is 0 Å². The molecular formula is C14H30N2. The lowest BCUT2D eigenvalue weighted by molar-refractivity contribution is 0.334. The van der Waals surface area contributed by atoms with Gasteiger partial charge in [0.15, 0.2) is 0 Å². The predicted molar refractivity (Wildman–Crippen MR) is 71.9 cm³/mol. The normalized spacial score (nSPS) is 14.4. The minimum Gasteiger partial charge on any atom is -0.187 e. The van der Waals surface area contributed by atoms with Gasteiger partial charge in [0.1, 0.15) is 0 Å². The summed E-state index contributed by atoms with van der Waals surface area (Å²) in [5.41, 5.74) is -0.0508. The van der Waals surface area contributed by atoms with Crippen LogP contribution < -0.4 is 0 Å². The summed E-state index contributed by atoms with van der Waals surface area (Å²) >= 11 is 0. The first kappa shape index (κ1) is 15.6. The molecule has 0 bridgehead atoms. The molecule has 0 heterocycles. The standard InChI is InChI=1S/C14H30N2/c1-11(2)9-13(5,6)15-16-14(7,8)10-12(3)4/h11-12H,9-10H2,1-8H3/b16-15+. The molecule has 96 valence electrons. The Balaban J connectivity index is 4.45. The fraction of sp³-hybridized carbons (Fsp3) is 1.00. The monoisotopic (exact) mass is 226 g/mol. The summed E-state index contributed by atoms with van der Waals surface area (Å²) < 4.78 is 0. The molecule has 0 N–H and O–H groups in total. The van der Waals surface area contributed by atoms with Crippen molar-refractivity contribution in [2.24, 2.45) is 22.1 Å². The van der Waals surface area contributed by atoms with Crippen molar-refractivity contribution in [3.05, 3.63) is 0 Å². The molecule has 0 saturated heterocycles. The molecule has 2 nitrogen and oxygen atoms in total. The highest BCUT2D eigenvalue weighted by molar-refractivity contribution is 4.82. The van der Waals surface area contributed by atoms with Gasteiger partial charge < -0.3 is 0 Å². The van der Waals surface area contributed by atoms with E-state index in [4.69, 9.17) is 0 Å². The Labute approximate surface area is 102 Å². The van der Waals surface area contributed by atoms with E-state index < -0.39 is 0 Å². The zero-order valence-electron chi connectivity index (χ0n) is 12.5. The highest BCUT2D eigenvalue weighted by Crippen LogP contribution is 2.25. The third-order valence-electron chi connectivity index (χ3n) is 2.41. The molecule has 0 amide bonds. The van der Waals surface area contributed by atoms with Crippen LogP contribution in [0.3, 0.4) is 0 Å². The lowest BCUT2D eigenvalue weighted by Gasteiger charge is -2.25. The summed E-state index contributed by atoms with van der Waals surface area (Å²) in [7, 11) is 0. The van der Waals surface area contributed by atoms with Gasteiger partial charge >= 0.3 is 0 Å². The Hall–Kier alpha value is -0.400. The first-order valence-corrected chi connectivity index (χ1v) is 6.48. The van der Waals surface area contributed by atoms with E-state index in [1.54, 1.807) is 0 Å². The first-order valence-electron chi connectivity index (χ1n) is 6.48. The minimum absolute atomic E-state index is 0.0254. The molecule has 0 aliphatic carbocycles. The fourth-order valence-electron chi connectivity index (χ4n) is 2.35. The number of nitrogens with zero attached hydrogens (tertiary/aromatic N) is 2. The average Bonchev–Trinajstić information content (AvgIpc) is 1.96. The molecule has 0 atom stereocenters. The third kappa shape index (κ3) is 7.84. The van der Waals surface area contributed by atoms with Gasteiger partial charge in [-0.25, -0.2) is 0 Å². The van der Waals surface area contributed by atoms with Crippen molar-refractivity contribution < 1.29 is 0 Å². The van der Waals surface area contributed by atoms with E-state index >= 15 is 0 Å². The van der Waals surface area contributed by atoms with Crippen molar-refractivity contribution >= 4 is 0 Å². The molecule has 0 unspecified atom stereocenters. The Bertz CT molecular complexity index is 201. The summed E-state index contributed by atoms with van der Waals surface area (Å²) in [6.07, 6.45) is 2.18. The second-order valence-corrected chi connectivity index (χ2v) is 7.02. The molecule has 0 fully saturated rings. The average molecular weight is 226 g/mol. The Morgan fingerprint density at radius 1 is 0.688 bits per heavy atom. The van der Waals surface area contributed by atoms with Gasteiger partial charge in [0.05, 0.1) is 11.1 Å². The third-order valence-corrected chi connectivity index (χ3v) is 2.41. The van der Waals surface area contributed by atoms with E-state index in [9.17, 15) is 0 Å². The molecule has 2 heteroatoms. The summed E-state index contributed by atoms with van der Waals surface area (Å²) in [5, 5.41) is 9.09. The highest BCUT2D eigenvalue weighted by Gasteiger charge is 2.22. The van der Waals surface area contributed by atoms with Crippen LogP contribution in [-0.4, -0.2) is 11.1 Å². The Kier molecular flexibility index (Phi) is 5.64. The summed E-state index contributed by atoms with van der Waals surface area (Å²) in [6.45, 7) is 17.6. The predicted octanol–water partition coefficient (Wildman–Crippen LogP) is 5.09. The van der Waals surface area contributed by atoms with E-state index in [1.807, 2.05) is 0 Å². The summed E-state index contributed by atoms with van der Waals surface area (Å²) in [4.78, 5) is 0. The lowest BCUT2D eigenvalue weighted by Crippen LogP contribution is -2.23. The largest absolute Gasteiger partial charge is 0.187 e. The van der Waals surface area contributed by atoms with E-state index in [1.165, 1.54) is 0 Å². The molecule has 0 aromatic heterocycles. The molecule has 0 aliphatic rings. The van der Waals surface area contributed by atoms with Crippen molar-refractivity contribution in [1.29, 1.82) is 0 Å². The van der Waals surface area contributed by atoms with Gasteiger partial charge in [-0.2, -0.15) is 10.2 Å². The quantitative estimate of drug-likeness (QED) is 0.564. The molecule has 0 saturated carbocycles. The van der Waals surface area contributed by atoms with E-state index in [0.29, 0.717) is 11.8 Å². The van der Waals surface area contributed by atoms with Crippen molar-refractivity contribution in [1.82, 2.24) is 0 Å². The van der Waals surface area contributed by atoms with E-state index in [2.05, 4.69) is 65.6 Å². The molecule has 0 aliphatic heterocycles. The maximum absolute atomic E-state index is 4.55.